The second-order valence-corrected chi connectivity index (χ2v) is 0.822. The molecule has 0 saturated heterocycles. The summed E-state index contributed by atoms with van der Waals surface area (Å²) >= 11 is 0. The molecule has 46 valence electrons. The van der Waals surface area contributed by atoms with Crippen molar-refractivity contribution in [3.63, 3.8) is 0 Å². The minimum Gasteiger partial charge on any atom is -0.411 e. The van der Waals surface area contributed by atoms with Gasteiger partial charge in [0.15, 0.2) is 0 Å². The van der Waals surface area contributed by atoms with Gasteiger partial charge in [0.2, 0.25) is 0 Å². The van der Waals surface area contributed by atoms with E-state index in [0.717, 1.165) is 0 Å². The number of carbonyl (C=O) groups is 1. The molecule has 3 heteroatoms. The van der Waals surface area contributed by atoms with Gasteiger partial charge in [-0.15, -0.1) is 11.7 Å². The molecule has 0 aromatic heterocycles. The van der Waals surface area contributed by atoms with Crippen molar-refractivity contribution in [2.75, 3.05) is 0 Å². The molecule has 0 heterocycles. The Labute approximate surface area is 48.3 Å². The lowest BCUT2D eigenvalue weighted by atomic mass is 10.5. The van der Waals surface area contributed by atoms with Crippen LogP contribution in [0.4, 0.5) is 0 Å². The Balaban J connectivity index is 0. The van der Waals surface area contributed by atoms with Gasteiger partial charge >= 0.3 is 0 Å². The average molecular weight is 115 g/mol. The number of rotatable bonds is 2. The zero-order valence-electron chi connectivity index (χ0n) is 4.58. The Hall–Kier alpha value is -1.12. The van der Waals surface area contributed by atoms with Crippen LogP contribution in [0.3, 0.4) is 0 Å². The van der Waals surface area contributed by atoms with Gasteiger partial charge in [0.1, 0.15) is 6.79 Å². The first-order valence-corrected chi connectivity index (χ1v) is 1.97. The van der Waals surface area contributed by atoms with Crippen LogP contribution in [-0.2, 0) is 4.79 Å². The zero-order chi connectivity index (χ0) is 6.83. The van der Waals surface area contributed by atoms with Crippen molar-refractivity contribution >= 4 is 13.0 Å². The Morgan fingerprint density at radius 3 is 2.25 bits per heavy atom. The lowest BCUT2D eigenvalue weighted by molar-refractivity contribution is -0.0979. The number of carbonyl (C=O) groups excluding carboxylic acids is 1. The Bertz CT molecular complexity index is 70.8. The summed E-state index contributed by atoms with van der Waals surface area (Å²) in [6, 6.07) is 0. The fraction of sp³-hybridized carbons (Fsp3) is 0.200. The van der Waals surface area contributed by atoms with E-state index in [9.17, 15) is 0 Å². The average Bonchev–Trinajstić information content (AvgIpc) is 1.88. The third kappa shape index (κ3) is 20.8. The summed E-state index contributed by atoms with van der Waals surface area (Å²) in [6.45, 7) is 5.40. The molecule has 0 rings (SSSR count). The molecule has 0 aromatic carbocycles. The fourth-order valence-corrected chi connectivity index (χ4v) is 0.122. The molecule has 0 amide bonds. The summed E-state index contributed by atoms with van der Waals surface area (Å²) in [7, 11) is 0. The third-order valence-corrected chi connectivity index (χ3v) is 0.354. The molecule has 3 nitrogen and oxygen atoms in total. The highest BCUT2D eigenvalue weighted by atomic mass is 16.4. The minimum atomic E-state index is 0.635. The van der Waals surface area contributed by atoms with Crippen LogP contribution in [-0.4, -0.2) is 18.2 Å². The van der Waals surface area contributed by atoms with E-state index >= 15 is 0 Å². The monoisotopic (exact) mass is 115 g/mol. The van der Waals surface area contributed by atoms with E-state index in [1.54, 1.807) is 6.08 Å². The first kappa shape index (κ1) is 9.99. The molecule has 0 bridgehead atoms. The van der Waals surface area contributed by atoms with Crippen LogP contribution in [0.25, 0.3) is 0 Å². The van der Waals surface area contributed by atoms with Gasteiger partial charge in [-0.05, 0) is 0 Å². The number of hydrogen-bond acceptors (Lipinski definition) is 3. The number of hydrogen-bond donors (Lipinski definition) is 1. The summed E-state index contributed by atoms with van der Waals surface area (Å²) in [5.74, 6) is 0. The van der Waals surface area contributed by atoms with Crippen LogP contribution in [0.1, 0.15) is 6.42 Å². The van der Waals surface area contributed by atoms with Crippen LogP contribution < -0.4 is 0 Å². The van der Waals surface area contributed by atoms with E-state index < -0.39 is 0 Å². The predicted octanol–water partition coefficient (Wildman–Crippen LogP) is 0.838. The summed E-state index contributed by atoms with van der Waals surface area (Å²) in [6.07, 6.45) is 3.66. The topological polar surface area (TPSA) is 49.7 Å². The van der Waals surface area contributed by atoms with Crippen molar-refractivity contribution in [2.24, 2.45) is 5.16 Å². The van der Waals surface area contributed by atoms with Gasteiger partial charge in [-0.25, -0.2) is 0 Å². The molecule has 0 fully saturated rings. The van der Waals surface area contributed by atoms with E-state index in [4.69, 9.17) is 10.0 Å². The summed E-state index contributed by atoms with van der Waals surface area (Å²) in [5, 5.41) is 10.4. The summed E-state index contributed by atoms with van der Waals surface area (Å²) < 4.78 is 0. The molecule has 0 saturated carbocycles. The van der Waals surface area contributed by atoms with Gasteiger partial charge in [0.25, 0.3) is 0 Å². The lowest BCUT2D eigenvalue weighted by Gasteiger charge is -1.68. The largest absolute Gasteiger partial charge is 0.411 e. The van der Waals surface area contributed by atoms with Gasteiger partial charge in [0.05, 0.1) is 0 Å². The highest BCUT2D eigenvalue weighted by molar-refractivity contribution is 5.57. The maximum atomic E-state index is 8.00. The Morgan fingerprint density at radius 2 is 2.12 bits per heavy atom. The van der Waals surface area contributed by atoms with E-state index in [1.165, 1.54) is 6.21 Å². The second kappa shape index (κ2) is 16.9. The molecule has 0 aliphatic heterocycles. The number of allylic oxidation sites excluding steroid dienone is 1. The quantitative estimate of drug-likeness (QED) is 0.251. The normalized spacial score (nSPS) is 7.50. The van der Waals surface area contributed by atoms with Gasteiger partial charge in [-0.2, -0.15) is 0 Å². The highest BCUT2D eigenvalue weighted by Gasteiger charge is 1.60. The van der Waals surface area contributed by atoms with E-state index in [1.807, 2.05) is 6.79 Å². The standard InChI is InChI=1S/C4H7NO.CH2O/c1-2-3-4-5-6;1-2/h2,4,6H,1,3H2;1H2. The van der Waals surface area contributed by atoms with Crippen LogP contribution in [0.5, 0.6) is 0 Å². The van der Waals surface area contributed by atoms with Crippen molar-refractivity contribution in [2.45, 2.75) is 6.42 Å². The molecular formula is C5H9NO2. The molecule has 0 aliphatic rings. The first-order valence-electron chi connectivity index (χ1n) is 1.97. The molecule has 0 aromatic rings. The number of oxime groups is 1. The van der Waals surface area contributed by atoms with Gasteiger partial charge in [0, 0.05) is 12.6 Å². The zero-order valence-corrected chi connectivity index (χ0v) is 4.58. The van der Waals surface area contributed by atoms with Crippen molar-refractivity contribution in [3.8, 4) is 0 Å². The fourth-order valence-electron chi connectivity index (χ4n) is 0.122. The summed E-state index contributed by atoms with van der Waals surface area (Å²) in [5.41, 5.74) is 0. The molecule has 0 aliphatic carbocycles. The van der Waals surface area contributed by atoms with Crippen LogP contribution in [0.15, 0.2) is 17.8 Å². The number of nitrogens with zero attached hydrogens (tertiary/aromatic N) is 1. The van der Waals surface area contributed by atoms with Crippen LogP contribution >= 0.6 is 0 Å². The van der Waals surface area contributed by atoms with Gasteiger partial charge in [-0.3, -0.25) is 0 Å². The molecule has 1 N–H and O–H groups in total. The molecule has 0 radical (unpaired) electrons. The second-order valence-electron chi connectivity index (χ2n) is 0.822. The Morgan fingerprint density at radius 1 is 1.62 bits per heavy atom. The SMILES string of the molecule is C=CCC=NO.C=O. The van der Waals surface area contributed by atoms with E-state index in [2.05, 4.69) is 11.7 Å². The first-order chi connectivity index (χ1) is 3.91. The van der Waals surface area contributed by atoms with Crippen molar-refractivity contribution < 1.29 is 10.0 Å². The van der Waals surface area contributed by atoms with E-state index in [-0.39, 0.29) is 0 Å². The maximum absolute atomic E-state index is 8.00. The molecule has 0 spiro atoms. The van der Waals surface area contributed by atoms with Crippen LogP contribution in [0.2, 0.25) is 0 Å². The van der Waals surface area contributed by atoms with Crippen molar-refractivity contribution in [3.05, 3.63) is 12.7 Å². The molecule has 0 unspecified atom stereocenters. The van der Waals surface area contributed by atoms with Crippen molar-refractivity contribution in [1.82, 2.24) is 0 Å². The Kier molecular flexibility index (Phi) is 21.1. The molecular weight excluding hydrogens is 106 g/mol. The van der Waals surface area contributed by atoms with Crippen LogP contribution in [0, 0.1) is 0 Å². The maximum Gasteiger partial charge on any atom is 0.106 e. The highest BCUT2D eigenvalue weighted by Crippen LogP contribution is 1.68. The summed E-state index contributed by atoms with van der Waals surface area (Å²) in [4.78, 5) is 8.00. The smallest absolute Gasteiger partial charge is 0.106 e. The predicted molar refractivity (Wildman–Crippen MR) is 32.2 cm³/mol. The third-order valence-electron chi connectivity index (χ3n) is 0.354. The van der Waals surface area contributed by atoms with Crippen molar-refractivity contribution in [1.29, 1.82) is 0 Å². The molecule has 0 atom stereocenters. The van der Waals surface area contributed by atoms with E-state index in [0.29, 0.717) is 6.42 Å². The van der Waals surface area contributed by atoms with Gasteiger partial charge in [-0.1, -0.05) is 6.08 Å². The minimum absolute atomic E-state index is 0.635. The van der Waals surface area contributed by atoms with Gasteiger partial charge < -0.3 is 10.0 Å². The lowest BCUT2D eigenvalue weighted by Crippen LogP contribution is -1.64. The molecule has 8 heavy (non-hydrogen) atoms.